The van der Waals surface area contributed by atoms with Crippen molar-refractivity contribution in [2.75, 3.05) is 31.1 Å². The Morgan fingerprint density at radius 1 is 1.44 bits per heavy atom. The van der Waals surface area contributed by atoms with Crippen LogP contribution in [0.15, 0.2) is 12.1 Å². The van der Waals surface area contributed by atoms with Gasteiger partial charge in [-0.1, -0.05) is 0 Å². The number of hydrogen-bond donors (Lipinski definition) is 1. The second-order valence-electron chi connectivity index (χ2n) is 3.77. The van der Waals surface area contributed by atoms with E-state index in [0.29, 0.717) is 5.69 Å². The summed E-state index contributed by atoms with van der Waals surface area (Å²) in [6.07, 6.45) is 0. The highest BCUT2D eigenvalue weighted by molar-refractivity contribution is 5.47. The molecule has 0 spiro atoms. The lowest BCUT2D eigenvalue weighted by Crippen LogP contribution is -2.43. The van der Waals surface area contributed by atoms with Gasteiger partial charge in [-0.25, -0.2) is 4.98 Å². The minimum Gasteiger partial charge on any atom is -0.354 e. The number of rotatable bonds is 2. The third kappa shape index (κ3) is 2.11. The maximum absolute atomic E-state index is 10.7. The topological polar surface area (TPSA) is 71.3 Å². The fraction of sp³-hybridized carbons (Fsp3) is 0.500. The first kappa shape index (κ1) is 10.8. The molecule has 1 aliphatic rings. The standard InChI is InChI=1S/C10H14N4O2/c1-8-9(14(15)16)2-3-10(12-8)13-6-4-11-5-7-13/h2-3,11H,4-7H2,1H3. The van der Waals surface area contributed by atoms with Gasteiger partial charge in [0.15, 0.2) is 0 Å². The molecule has 1 fully saturated rings. The molecule has 2 rings (SSSR count). The van der Waals surface area contributed by atoms with Crippen molar-refractivity contribution in [3.8, 4) is 0 Å². The monoisotopic (exact) mass is 222 g/mol. The second-order valence-corrected chi connectivity index (χ2v) is 3.77. The number of piperazine rings is 1. The Hall–Kier alpha value is -1.69. The first-order valence-corrected chi connectivity index (χ1v) is 5.26. The smallest absolute Gasteiger partial charge is 0.290 e. The fourth-order valence-corrected chi connectivity index (χ4v) is 1.80. The van der Waals surface area contributed by atoms with E-state index < -0.39 is 4.92 Å². The lowest BCUT2D eigenvalue weighted by Gasteiger charge is -2.28. The van der Waals surface area contributed by atoms with Crippen molar-refractivity contribution in [3.05, 3.63) is 27.9 Å². The molecule has 0 atom stereocenters. The highest BCUT2D eigenvalue weighted by Gasteiger charge is 2.16. The van der Waals surface area contributed by atoms with Gasteiger partial charge < -0.3 is 10.2 Å². The molecule has 1 aromatic rings. The molecule has 2 heterocycles. The highest BCUT2D eigenvalue weighted by atomic mass is 16.6. The van der Waals surface area contributed by atoms with Crippen molar-refractivity contribution in [1.29, 1.82) is 0 Å². The molecule has 0 unspecified atom stereocenters. The zero-order valence-electron chi connectivity index (χ0n) is 9.14. The third-order valence-electron chi connectivity index (χ3n) is 2.68. The molecule has 0 saturated carbocycles. The molecule has 1 aromatic heterocycles. The number of nitro groups is 1. The second kappa shape index (κ2) is 4.44. The summed E-state index contributed by atoms with van der Waals surface area (Å²) < 4.78 is 0. The number of anilines is 1. The molecule has 6 heteroatoms. The van der Waals surface area contributed by atoms with Crippen LogP contribution in [0.2, 0.25) is 0 Å². The van der Waals surface area contributed by atoms with Gasteiger partial charge >= 0.3 is 0 Å². The third-order valence-corrected chi connectivity index (χ3v) is 2.68. The molecule has 1 aliphatic heterocycles. The summed E-state index contributed by atoms with van der Waals surface area (Å²) in [4.78, 5) is 16.7. The number of aromatic nitrogens is 1. The molecule has 0 amide bonds. The van der Waals surface area contributed by atoms with E-state index in [2.05, 4.69) is 15.2 Å². The quantitative estimate of drug-likeness (QED) is 0.589. The van der Waals surface area contributed by atoms with Crippen molar-refractivity contribution < 1.29 is 4.92 Å². The zero-order valence-corrected chi connectivity index (χ0v) is 9.14. The van der Waals surface area contributed by atoms with Crippen molar-refractivity contribution >= 4 is 11.5 Å². The van der Waals surface area contributed by atoms with Crippen LogP contribution >= 0.6 is 0 Å². The summed E-state index contributed by atoms with van der Waals surface area (Å²) in [7, 11) is 0. The van der Waals surface area contributed by atoms with E-state index >= 15 is 0 Å². The molecule has 1 saturated heterocycles. The van der Waals surface area contributed by atoms with Gasteiger partial charge in [0, 0.05) is 32.2 Å². The molecular formula is C10H14N4O2. The largest absolute Gasteiger partial charge is 0.354 e. The lowest BCUT2D eigenvalue weighted by molar-refractivity contribution is -0.385. The van der Waals surface area contributed by atoms with Crippen molar-refractivity contribution in [2.24, 2.45) is 0 Å². The number of nitrogens with one attached hydrogen (secondary N) is 1. The molecule has 6 nitrogen and oxygen atoms in total. The first-order valence-electron chi connectivity index (χ1n) is 5.26. The van der Waals surface area contributed by atoms with Crippen molar-refractivity contribution in [1.82, 2.24) is 10.3 Å². The SMILES string of the molecule is Cc1nc(N2CCNCC2)ccc1[N+](=O)[O-]. The van der Waals surface area contributed by atoms with E-state index in [1.165, 1.54) is 6.07 Å². The first-order chi connectivity index (χ1) is 7.68. The molecule has 0 aliphatic carbocycles. The number of nitrogens with zero attached hydrogens (tertiary/aromatic N) is 3. The Morgan fingerprint density at radius 3 is 2.69 bits per heavy atom. The maximum Gasteiger partial charge on any atom is 0.290 e. The van der Waals surface area contributed by atoms with Crippen LogP contribution in [0.25, 0.3) is 0 Å². The predicted molar refractivity (Wildman–Crippen MR) is 60.7 cm³/mol. The van der Waals surface area contributed by atoms with Crippen LogP contribution in [0.5, 0.6) is 0 Å². The minimum absolute atomic E-state index is 0.0823. The Morgan fingerprint density at radius 2 is 2.12 bits per heavy atom. The van der Waals surface area contributed by atoms with Gasteiger partial charge in [0.1, 0.15) is 11.5 Å². The van der Waals surface area contributed by atoms with Gasteiger partial charge in [-0.05, 0) is 13.0 Å². The van der Waals surface area contributed by atoms with Crippen LogP contribution in [0, 0.1) is 17.0 Å². The molecule has 0 bridgehead atoms. The summed E-state index contributed by atoms with van der Waals surface area (Å²) >= 11 is 0. The molecule has 0 aromatic carbocycles. The lowest BCUT2D eigenvalue weighted by atomic mass is 10.3. The molecule has 86 valence electrons. The van der Waals surface area contributed by atoms with Gasteiger partial charge in [-0.2, -0.15) is 0 Å². The molecular weight excluding hydrogens is 208 g/mol. The van der Waals surface area contributed by atoms with Gasteiger partial charge in [0.05, 0.1) is 4.92 Å². The van der Waals surface area contributed by atoms with E-state index in [9.17, 15) is 10.1 Å². The van der Waals surface area contributed by atoms with Gasteiger partial charge in [-0.15, -0.1) is 0 Å². The normalized spacial score (nSPS) is 16.2. The number of pyridine rings is 1. The van der Waals surface area contributed by atoms with Crippen LogP contribution in [-0.4, -0.2) is 36.1 Å². The average molecular weight is 222 g/mol. The van der Waals surface area contributed by atoms with E-state index in [4.69, 9.17) is 0 Å². The van der Waals surface area contributed by atoms with Crippen molar-refractivity contribution in [2.45, 2.75) is 6.92 Å². The summed E-state index contributed by atoms with van der Waals surface area (Å²) in [5, 5.41) is 13.9. The fourth-order valence-electron chi connectivity index (χ4n) is 1.80. The van der Waals surface area contributed by atoms with Crippen LogP contribution in [-0.2, 0) is 0 Å². The minimum atomic E-state index is -0.399. The van der Waals surface area contributed by atoms with E-state index in [-0.39, 0.29) is 5.69 Å². The van der Waals surface area contributed by atoms with Gasteiger partial charge in [0.25, 0.3) is 5.69 Å². The van der Waals surface area contributed by atoms with Crippen LogP contribution < -0.4 is 10.2 Å². The Kier molecular flexibility index (Phi) is 3.00. The number of hydrogen-bond acceptors (Lipinski definition) is 5. The number of aryl methyl sites for hydroxylation is 1. The summed E-state index contributed by atoms with van der Waals surface area (Å²) in [5.74, 6) is 0.824. The van der Waals surface area contributed by atoms with Crippen LogP contribution in [0.4, 0.5) is 11.5 Å². The van der Waals surface area contributed by atoms with Gasteiger partial charge in [0.2, 0.25) is 0 Å². The van der Waals surface area contributed by atoms with E-state index in [1.807, 2.05) is 0 Å². The molecule has 16 heavy (non-hydrogen) atoms. The average Bonchev–Trinajstić information content (AvgIpc) is 2.29. The summed E-state index contributed by atoms with van der Waals surface area (Å²) in [6, 6.07) is 3.25. The van der Waals surface area contributed by atoms with Crippen LogP contribution in [0.1, 0.15) is 5.69 Å². The predicted octanol–water partition coefficient (Wildman–Crippen LogP) is 0.708. The Bertz CT molecular complexity index is 402. The molecule has 1 N–H and O–H groups in total. The van der Waals surface area contributed by atoms with Gasteiger partial charge in [-0.3, -0.25) is 10.1 Å². The zero-order chi connectivity index (χ0) is 11.5. The maximum atomic E-state index is 10.7. The summed E-state index contributed by atoms with van der Waals surface area (Å²) in [6.45, 7) is 5.31. The van der Waals surface area contributed by atoms with E-state index in [0.717, 1.165) is 32.0 Å². The van der Waals surface area contributed by atoms with E-state index in [1.54, 1.807) is 13.0 Å². The molecule has 0 radical (unpaired) electrons. The summed E-state index contributed by atoms with van der Waals surface area (Å²) in [5.41, 5.74) is 0.555. The Labute approximate surface area is 93.4 Å². The highest BCUT2D eigenvalue weighted by Crippen LogP contribution is 2.20. The Balaban J connectivity index is 2.23. The van der Waals surface area contributed by atoms with Crippen molar-refractivity contribution in [3.63, 3.8) is 0 Å². The van der Waals surface area contributed by atoms with Crippen LogP contribution in [0.3, 0.4) is 0 Å².